The van der Waals surface area contributed by atoms with Crippen molar-refractivity contribution in [2.24, 2.45) is 17.8 Å². The molecule has 578 valence electrons. The van der Waals surface area contributed by atoms with Crippen LogP contribution in [0.2, 0.25) is 0 Å². The van der Waals surface area contributed by atoms with Crippen molar-refractivity contribution in [2.45, 2.75) is 257 Å². The van der Waals surface area contributed by atoms with Crippen molar-refractivity contribution >= 4 is 47.3 Å². The van der Waals surface area contributed by atoms with E-state index in [0.717, 1.165) is 81.2 Å². The summed E-state index contributed by atoms with van der Waals surface area (Å²) in [5, 5.41) is 42.9. The van der Waals surface area contributed by atoms with E-state index in [0.29, 0.717) is 62.9 Å². The standard InChI is InChI=1S/C30H44O6.C26H38O7.C21H27N2.C7H6.CH4.CH3.2ClH.Ru/c1-20-16-21(2)18-26(32)30-28(36-30)19-27(25(31)15-14-22-8-4-3-5-9-22)35-29(33)13-7-11-23-10-6-12-24(17-20)34-23;1-17-13-18(2)15-22(28)26-24(33-26)16-23(21(27)10-6-12-30-3)32-25(29)11-5-8-19-7-4-9-20(14-17)31-19;1-14-9-16(3)20(17(4)10-14)22-7-8-23(13-22)21-18(5)11-15(2)12-19(21)6;1-7-5-3-2-4-6-7;;;;;/h6-7,10,13-15,20,22-28,30-32H,2-5,8-9,11-12,16-19H2,1H3;4-7,10-11,17,19-24,26-28H,2,8-9,12-16H2,1,3H3;9-13H,7-8H2,1-6H3;1-6H;1H4;1H3;2*1H;/q;;-1;;;-1;;;+2/p-2/b13-7-,15-14+;10-6+,11-5-;;;;;;;/t20-,23-,24-,25-,26-,27-,28-,30-;17-,19-,20-,21-,22-,23-,24-,26-;;;;;;;/m00......./s1. The van der Waals surface area contributed by atoms with Gasteiger partial charge in [0.05, 0.1) is 55.4 Å². The maximum absolute atomic E-state index is 12.6. The van der Waals surface area contributed by atoms with Gasteiger partial charge in [0.15, 0.2) is 0 Å². The van der Waals surface area contributed by atoms with Gasteiger partial charge in [-0.2, -0.15) is 6.67 Å². The van der Waals surface area contributed by atoms with Gasteiger partial charge < -0.3 is 70.8 Å². The van der Waals surface area contributed by atoms with Gasteiger partial charge in [0.1, 0.15) is 36.6 Å². The van der Waals surface area contributed by atoms with Crippen molar-refractivity contribution < 1.29 is 76.7 Å². The summed E-state index contributed by atoms with van der Waals surface area (Å²) in [7, 11) is 12.9. The van der Waals surface area contributed by atoms with Crippen molar-refractivity contribution in [1.29, 1.82) is 0 Å². The van der Waals surface area contributed by atoms with Gasteiger partial charge in [-0.15, -0.1) is 0 Å². The van der Waals surface area contributed by atoms with E-state index in [1.807, 2.05) is 41.0 Å². The number of esters is 2. The topological polar surface area (TPSA) is 193 Å². The Kier molecular flexibility index (Phi) is 37.4. The minimum atomic E-state index is -1.61. The molecule has 11 rings (SSSR count). The number of cyclic esters (lactones) is 2. The van der Waals surface area contributed by atoms with Crippen LogP contribution in [-0.2, 0) is 56.3 Å². The molecule has 0 unspecified atom stereocenters. The van der Waals surface area contributed by atoms with E-state index in [2.05, 4.69) is 134 Å². The Morgan fingerprint density at radius 2 is 1.07 bits per heavy atom. The number of fused-ring (bicyclic) bond motifs is 6. The van der Waals surface area contributed by atoms with E-state index < -0.39 is 62.1 Å². The van der Waals surface area contributed by atoms with Gasteiger partial charge in [0.2, 0.25) is 0 Å². The molecular formula is C86H122Cl2N2O13Ru-2. The summed E-state index contributed by atoms with van der Waals surface area (Å²) in [5.41, 5.74) is 13.9. The molecule has 16 atom stereocenters. The van der Waals surface area contributed by atoms with Gasteiger partial charge in [-0.05, 0) is 159 Å². The summed E-state index contributed by atoms with van der Waals surface area (Å²) in [4.78, 5) is 29.9. The van der Waals surface area contributed by atoms with Gasteiger partial charge in [0.25, 0.3) is 0 Å². The number of aliphatic hydroxyl groups excluding tert-OH is 4. The summed E-state index contributed by atoms with van der Waals surface area (Å²) < 4.78 is 42.0. The zero-order valence-electron chi connectivity index (χ0n) is 62.6. The van der Waals surface area contributed by atoms with Gasteiger partial charge in [0, 0.05) is 56.6 Å². The van der Waals surface area contributed by atoms with E-state index in [1.54, 1.807) is 37.5 Å². The van der Waals surface area contributed by atoms with Crippen LogP contribution in [-0.4, -0.2) is 149 Å². The second-order valence-corrected chi connectivity index (χ2v) is 35.1. The number of carbonyl (C=O) groups is 2. The number of anilines is 2. The van der Waals surface area contributed by atoms with Crippen LogP contribution in [0.25, 0.3) is 0 Å². The van der Waals surface area contributed by atoms with E-state index in [4.69, 9.17) is 52.5 Å². The van der Waals surface area contributed by atoms with Gasteiger partial charge in [-0.1, -0.05) is 161 Å². The second kappa shape index (κ2) is 44.3. The number of hydrogen-bond acceptors (Lipinski definition) is 15. The Morgan fingerprint density at radius 3 is 1.50 bits per heavy atom. The number of benzene rings is 3. The number of aliphatic hydroxyl groups is 4. The molecule has 3 aromatic rings. The molecule has 0 aromatic heterocycles. The molecule has 1 saturated carbocycles. The molecule has 4 N–H and O–H groups in total. The van der Waals surface area contributed by atoms with Crippen molar-refractivity contribution in [3.63, 3.8) is 0 Å². The summed E-state index contributed by atoms with van der Waals surface area (Å²) >= 11 is -1.61. The fourth-order valence-corrected chi connectivity index (χ4v) is 17.1. The number of hydrogen-bond donors (Lipinski definition) is 4. The molecule has 7 aliphatic heterocycles. The Labute approximate surface area is 636 Å². The number of rotatable bonds is 10. The molecule has 1 aliphatic carbocycles. The normalized spacial score (nSPS) is 29.9. The van der Waals surface area contributed by atoms with Crippen molar-refractivity contribution in [1.82, 2.24) is 0 Å². The predicted molar refractivity (Wildman–Crippen MR) is 420 cm³/mol. The third-order valence-corrected chi connectivity index (χ3v) is 21.7. The predicted octanol–water partition coefficient (Wildman–Crippen LogP) is 16.8. The minimum absolute atomic E-state index is 0. The molecule has 18 heteroatoms. The van der Waals surface area contributed by atoms with E-state index in [1.165, 1.54) is 76.2 Å². The first kappa shape index (κ1) is 87.7. The van der Waals surface area contributed by atoms with Crippen molar-refractivity contribution in [3.05, 3.63) is 205 Å². The third kappa shape index (κ3) is 29.4. The monoisotopic (exact) mass is 1560 g/mol. The summed E-state index contributed by atoms with van der Waals surface area (Å²) in [6, 6.07) is 19.0. The van der Waals surface area contributed by atoms with Crippen molar-refractivity contribution in [3.8, 4) is 0 Å². The molecule has 3 saturated heterocycles. The van der Waals surface area contributed by atoms with Crippen LogP contribution in [0.1, 0.15) is 169 Å². The molecule has 3 aromatic carbocycles. The van der Waals surface area contributed by atoms with Crippen LogP contribution in [0.4, 0.5) is 11.4 Å². The maximum atomic E-state index is 12.6. The van der Waals surface area contributed by atoms with Crippen LogP contribution >= 0.6 is 19.4 Å². The van der Waals surface area contributed by atoms with Gasteiger partial charge >= 0.3 is 85.3 Å². The molecule has 104 heavy (non-hydrogen) atoms. The summed E-state index contributed by atoms with van der Waals surface area (Å²) in [6.45, 7) is 30.7. The Balaban J connectivity index is 0.000000231. The Morgan fingerprint density at radius 1 is 0.625 bits per heavy atom. The number of epoxide rings is 2. The number of carbonyl (C=O) groups excluding carboxylic acids is 2. The van der Waals surface area contributed by atoms with Crippen LogP contribution in [0.5, 0.6) is 0 Å². The van der Waals surface area contributed by atoms with E-state index >= 15 is 0 Å². The number of halogens is 2. The third-order valence-electron chi connectivity index (χ3n) is 19.8. The first-order chi connectivity index (χ1) is 48.9. The van der Waals surface area contributed by atoms with Crippen LogP contribution in [0, 0.1) is 73.4 Å². The number of aryl methyl sites for hydroxylation is 6. The van der Waals surface area contributed by atoms with Gasteiger partial charge in [-0.25, -0.2) is 9.59 Å². The van der Waals surface area contributed by atoms with Crippen molar-refractivity contribution in [2.75, 3.05) is 36.6 Å². The Hall–Kier alpha value is -5.17. The molecule has 8 aliphatic rings. The molecule has 7 heterocycles. The van der Waals surface area contributed by atoms with Gasteiger partial charge in [-0.3, -0.25) is 0 Å². The first-order valence-corrected chi connectivity index (χ1v) is 42.4. The first-order valence-electron chi connectivity index (χ1n) is 36.9. The Bertz CT molecular complexity index is 3310. The zero-order valence-corrected chi connectivity index (χ0v) is 65.9. The number of allylic oxidation sites excluding steroid dienone is 1. The fourth-order valence-electron chi connectivity index (χ4n) is 15.2. The molecular weight excluding hydrogens is 1440 g/mol. The SMILES string of the molecule is C.C=C1C[C@H](C)C[C@@H]2CC=C[C@@H](C/C=C\C(=O)O[C@H]([C@@H](O)/C=C/C3CCCCC3)C[C@@H]3O[C@H]3[C@@H](O)C1)O2.C=C1C[C@H](C)C[C@@H]2CC=C[C@@H](C/C=C\C(=O)O[C@H]([C@@H](O)/C=C/COC)C[C@@H]3O[C@H]3[C@@H](O)C1)O2.Cc1cc(C)c(N2[CH-]N(c3c(C)cc(C)cc3C)CC2)c(C)c1.[CH3-].[Cl][Ru]([Cl])=[CH]c1ccccc1. The van der Waals surface area contributed by atoms with E-state index in [9.17, 15) is 30.0 Å². The van der Waals surface area contributed by atoms with Crippen LogP contribution < -0.4 is 9.80 Å². The number of ether oxygens (including phenoxy) is 7. The number of methoxy groups -OCH3 is 1. The fraction of sp³-hybridized carbons (Fsp3) is 0.547. The molecule has 0 amide bonds. The molecule has 0 radical (unpaired) electrons. The van der Waals surface area contributed by atoms with Crippen LogP contribution in [0.15, 0.2) is 152 Å². The summed E-state index contributed by atoms with van der Waals surface area (Å²) in [5.74, 6) is 0.243. The zero-order chi connectivity index (χ0) is 73.4. The quantitative estimate of drug-likeness (QED) is 0.0492. The number of nitrogens with zero attached hydrogens (tertiary/aromatic N) is 2. The van der Waals surface area contributed by atoms with Crippen LogP contribution in [0.3, 0.4) is 0 Å². The molecule has 4 bridgehead atoms. The molecule has 15 nitrogen and oxygen atoms in total. The molecule has 0 spiro atoms. The second-order valence-electron chi connectivity index (χ2n) is 29.4. The summed E-state index contributed by atoms with van der Waals surface area (Å²) in [6.07, 6.45) is 29.9. The molecule has 4 fully saturated rings. The average molecular weight is 1560 g/mol. The average Bonchev–Trinajstić information content (AvgIpc) is 1.66. The van der Waals surface area contributed by atoms with E-state index in [-0.39, 0.29) is 63.7 Å².